The Kier molecular flexibility index (Phi) is 7.27. The van der Waals surface area contributed by atoms with Gasteiger partial charge in [0.2, 0.25) is 5.95 Å². The van der Waals surface area contributed by atoms with Crippen LogP contribution >= 0.6 is 0 Å². The number of anilines is 2. The van der Waals surface area contributed by atoms with Crippen LogP contribution in [0.3, 0.4) is 0 Å². The average Bonchev–Trinajstić information content (AvgIpc) is 2.74. The number of alkyl halides is 3. The number of rotatable bonds is 8. The Morgan fingerprint density at radius 2 is 1.76 bits per heavy atom. The molecule has 0 fully saturated rings. The first-order valence-corrected chi connectivity index (χ1v) is 10.7. The van der Waals surface area contributed by atoms with Crippen molar-refractivity contribution in [2.75, 3.05) is 24.2 Å². The molecule has 1 atom stereocenters. The summed E-state index contributed by atoms with van der Waals surface area (Å²) in [5.41, 5.74) is 1.33. The Labute approximate surface area is 195 Å². The van der Waals surface area contributed by atoms with Crippen LogP contribution in [0.1, 0.15) is 31.5 Å². The summed E-state index contributed by atoms with van der Waals surface area (Å²) < 4.78 is 53.6. The van der Waals surface area contributed by atoms with E-state index in [4.69, 9.17) is 0 Å². The molecule has 0 saturated heterocycles. The van der Waals surface area contributed by atoms with E-state index in [1.807, 2.05) is 13.0 Å². The van der Waals surface area contributed by atoms with Gasteiger partial charge in [0.25, 0.3) is 0 Å². The molecule has 34 heavy (non-hydrogen) atoms. The molecule has 7 nitrogen and oxygen atoms in total. The summed E-state index contributed by atoms with van der Waals surface area (Å²) in [7, 11) is 1.71. The van der Waals surface area contributed by atoms with Crippen LogP contribution in [0, 0.1) is 25.1 Å². The molecule has 4 N–H and O–H groups in total. The number of fused-ring (bicyclic) bond motifs is 1. The highest BCUT2D eigenvalue weighted by atomic mass is 19.4. The summed E-state index contributed by atoms with van der Waals surface area (Å²) in [6.45, 7) is 5.62. The first-order valence-electron chi connectivity index (χ1n) is 10.7. The summed E-state index contributed by atoms with van der Waals surface area (Å²) in [6.07, 6.45) is -4.43. The molecular formula is C23H28F4N6O. The van der Waals surface area contributed by atoms with Gasteiger partial charge >= 0.3 is 6.18 Å². The lowest BCUT2D eigenvalue weighted by Gasteiger charge is -2.28. The number of hydrogen-bond donors (Lipinski definition) is 4. The van der Waals surface area contributed by atoms with E-state index in [1.54, 1.807) is 20.2 Å². The number of hydrogen-bond acceptors (Lipinski definition) is 7. The molecule has 0 aliphatic carbocycles. The highest BCUT2D eigenvalue weighted by Gasteiger charge is 2.46. The van der Waals surface area contributed by atoms with Gasteiger partial charge in [0.15, 0.2) is 12.0 Å². The number of aryl methyl sites for hydroxylation is 2. The van der Waals surface area contributed by atoms with Crippen molar-refractivity contribution in [3.8, 4) is 11.1 Å². The minimum atomic E-state index is -4.36. The standard InChI is InChI=1S/C23H28F4N6O/c1-12-8-17(24)18(32-21(34)29-7-6-22(3,4)23(25,26)27)10-15(12)16-9-14-11-30-20(28-5)33-19(14)31-13(16)2/h8-11,21,29,32,34H,6-7H2,1-5H3,(H,28,30,31,33). The molecule has 2 heterocycles. The molecule has 1 unspecified atom stereocenters. The fourth-order valence-corrected chi connectivity index (χ4v) is 3.38. The third kappa shape index (κ3) is 5.53. The summed E-state index contributed by atoms with van der Waals surface area (Å²) >= 11 is 0. The number of halogens is 4. The zero-order valence-corrected chi connectivity index (χ0v) is 19.6. The molecule has 3 rings (SSSR count). The van der Waals surface area contributed by atoms with Gasteiger partial charge in [-0.3, -0.25) is 5.32 Å². The molecular weight excluding hydrogens is 452 g/mol. The van der Waals surface area contributed by atoms with Gasteiger partial charge in [-0.05, 0) is 49.6 Å². The van der Waals surface area contributed by atoms with Crippen LogP contribution in [0.4, 0.5) is 29.2 Å². The van der Waals surface area contributed by atoms with Crippen LogP contribution in [0.25, 0.3) is 22.2 Å². The van der Waals surface area contributed by atoms with Crippen molar-refractivity contribution < 1.29 is 22.7 Å². The van der Waals surface area contributed by atoms with Crippen molar-refractivity contribution in [3.05, 3.63) is 41.5 Å². The van der Waals surface area contributed by atoms with E-state index < -0.39 is 23.8 Å². The topological polar surface area (TPSA) is 95.0 Å². The minimum Gasteiger partial charge on any atom is -0.361 e. The van der Waals surface area contributed by atoms with E-state index in [0.29, 0.717) is 33.8 Å². The maximum Gasteiger partial charge on any atom is 0.394 e. The lowest BCUT2D eigenvalue weighted by atomic mass is 9.89. The average molecular weight is 481 g/mol. The normalized spacial score (nSPS) is 13.2. The molecule has 0 spiro atoms. The lowest BCUT2D eigenvalue weighted by molar-refractivity contribution is -0.213. The van der Waals surface area contributed by atoms with Gasteiger partial charge in [-0.2, -0.15) is 18.2 Å². The summed E-state index contributed by atoms with van der Waals surface area (Å²) in [6, 6.07) is 4.71. The number of aliphatic hydroxyl groups excluding tert-OH is 1. The Morgan fingerprint density at radius 1 is 1.06 bits per heavy atom. The summed E-state index contributed by atoms with van der Waals surface area (Å²) in [5.74, 6) is -0.164. The SMILES string of the molecule is CNc1ncc2cc(-c3cc(NC(O)NCCC(C)(C)C(F)(F)F)c(F)cc3C)c(C)nc2n1. The summed E-state index contributed by atoms with van der Waals surface area (Å²) in [4.78, 5) is 13.1. The van der Waals surface area contributed by atoms with E-state index in [-0.39, 0.29) is 18.7 Å². The molecule has 2 aromatic heterocycles. The minimum absolute atomic E-state index is 0.00282. The molecule has 0 bridgehead atoms. The predicted octanol–water partition coefficient (Wildman–Crippen LogP) is 4.75. The smallest absolute Gasteiger partial charge is 0.361 e. The number of pyridine rings is 1. The molecule has 0 saturated carbocycles. The second-order valence-corrected chi connectivity index (χ2v) is 8.76. The van der Waals surface area contributed by atoms with Crippen LogP contribution in [0.5, 0.6) is 0 Å². The van der Waals surface area contributed by atoms with E-state index >= 15 is 0 Å². The Morgan fingerprint density at radius 3 is 2.41 bits per heavy atom. The molecule has 11 heteroatoms. The second kappa shape index (κ2) is 9.67. The Balaban J connectivity index is 1.82. The largest absolute Gasteiger partial charge is 0.394 e. The van der Waals surface area contributed by atoms with E-state index in [1.165, 1.54) is 12.1 Å². The molecule has 3 aromatic rings. The van der Waals surface area contributed by atoms with Crippen molar-refractivity contribution >= 4 is 22.7 Å². The molecule has 1 aromatic carbocycles. The third-order valence-corrected chi connectivity index (χ3v) is 5.73. The number of nitrogens with one attached hydrogen (secondary N) is 3. The quantitative estimate of drug-likeness (QED) is 0.273. The van der Waals surface area contributed by atoms with Crippen molar-refractivity contribution in [2.24, 2.45) is 5.41 Å². The number of benzene rings is 1. The van der Waals surface area contributed by atoms with E-state index in [0.717, 1.165) is 19.4 Å². The van der Waals surface area contributed by atoms with Gasteiger partial charge in [0.1, 0.15) is 5.82 Å². The maximum atomic E-state index is 14.6. The van der Waals surface area contributed by atoms with Crippen LogP contribution < -0.4 is 16.0 Å². The van der Waals surface area contributed by atoms with Crippen molar-refractivity contribution in [2.45, 2.75) is 46.6 Å². The van der Waals surface area contributed by atoms with Crippen LogP contribution in [0.15, 0.2) is 24.4 Å². The van der Waals surface area contributed by atoms with Crippen LogP contribution in [0.2, 0.25) is 0 Å². The monoisotopic (exact) mass is 480 g/mol. The highest BCUT2D eigenvalue weighted by molar-refractivity contribution is 5.84. The maximum absolute atomic E-state index is 14.6. The predicted molar refractivity (Wildman–Crippen MR) is 124 cm³/mol. The zero-order valence-electron chi connectivity index (χ0n) is 19.6. The number of aromatic nitrogens is 3. The zero-order chi connectivity index (χ0) is 25.3. The summed E-state index contributed by atoms with van der Waals surface area (Å²) in [5, 5.41) is 18.9. The van der Waals surface area contributed by atoms with Crippen LogP contribution in [-0.4, -0.2) is 46.2 Å². The van der Waals surface area contributed by atoms with E-state index in [9.17, 15) is 22.7 Å². The molecule has 0 aliphatic rings. The second-order valence-electron chi connectivity index (χ2n) is 8.76. The van der Waals surface area contributed by atoms with Gasteiger partial charge in [0.05, 0.1) is 11.1 Å². The van der Waals surface area contributed by atoms with Gasteiger partial charge in [0, 0.05) is 36.4 Å². The Hall–Kier alpha value is -3.05. The molecule has 184 valence electrons. The molecule has 0 radical (unpaired) electrons. The van der Waals surface area contributed by atoms with Gasteiger partial charge in [-0.15, -0.1) is 0 Å². The van der Waals surface area contributed by atoms with Crippen LogP contribution in [-0.2, 0) is 0 Å². The van der Waals surface area contributed by atoms with Gasteiger partial charge in [-0.25, -0.2) is 14.4 Å². The van der Waals surface area contributed by atoms with Crippen molar-refractivity contribution in [1.29, 1.82) is 0 Å². The first-order chi connectivity index (χ1) is 15.8. The third-order valence-electron chi connectivity index (χ3n) is 5.73. The Bertz CT molecular complexity index is 1180. The van der Waals surface area contributed by atoms with Crippen molar-refractivity contribution in [3.63, 3.8) is 0 Å². The molecule has 0 aliphatic heterocycles. The first kappa shape index (κ1) is 25.6. The molecule has 0 amide bonds. The van der Waals surface area contributed by atoms with Gasteiger partial charge in [-0.1, -0.05) is 13.8 Å². The van der Waals surface area contributed by atoms with E-state index in [2.05, 4.69) is 30.9 Å². The lowest BCUT2D eigenvalue weighted by Crippen LogP contribution is -2.41. The fraction of sp³-hybridized carbons (Fsp3) is 0.435. The fourth-order valence-electron chi connectivity index (χ4n) is 3.38. The van der Waals surface area contributed by atoms with Gasteiger partial charge < -0.3 is 15.7 Å². The number of aliphatic hydroxyl groups is 1. The van der Waals surface area contributed by atoms with Crippen molar-refractivity contribution in [1.82, 2.24) is 20.3 Å². The highest BCUT2D eigenvalue weighted by Crippen LogP contribution is 2.40. The number of nitrogens with zero attached hydrogens (tertiary/aromatic N) is 3.